The molecule has 0 aliphatic carbocycles. The Morgan fingerprint density at radius 1 is 1.13 bits per heavy atom. The third-order valence-corrected chi connectivity index (χ3v) is 6.06. The third-order valence-electron chi connectivity index (χ3n) is 5.03. The van der Waals surface area contributed by atoms with Crippen LogP contribution in [-0.2, 0) is 22.6 Å². The van der Waals surface area contributed by atoms with Crippen LogP contribution in [0.25, 0.3) is 11.3 Å². The predicted octanol–water partition coefficient (Wildman–Crippen LogP) is 2.22. The summed E-state index contributed by atoms with van der Waals surface area (Å²) < 4.78 is 5.19. The number of carbonyl (C=O) groups is 3. The first kappa shape index (κ1) is 20.8. The molecule has 1 aliphatic heterocycles. The molecular weight excluding hydrogens is 416 g/mol. The van der Waals surface area contributed by atoms with E-state index in [1.807, 2.05) is 35.2 Å². The SMILES string of the molecule is O=C(CNC(=O)c1cc(-c2ccccc2)on1)NCCC(=O)N1CCc2sccc2C1. The van der Waals surface area contributed by atoms with Gasteiger partial charge in [-0.15, -0.1) is 11.3 Å². The molecule has 0 radical (unpaired) electrons. The molecule has 2 aromatic heterocycles. The topological polar surface area (TPSA) is 105 Å². The van der Waals surface area contributed by atoms with Crippen LogP contribution in [0.2, 0.25) is 0 Å². The predicted molar refractivity (Wildman–Crippen MR) is 115 cm³/mol. The second kappa shape index (κ2) is 9.57. The van der Waals surface area contributed by atoms with Crippen molar-refractivity contribution < 1.29 is 18.9 Å². The van der Waals surface area contributed by atoms with Crippen LogP contribution >= 0.6 is 11.3 Å². The van der Waals surface area contributed by atoms with Crippen molar-refractivity contribution in [2.45, 2.75) is 19.4 Å². The molecule has 0 spiro atoms. The molecule has 0 saturated carbocycles. The van der Waals surface area contributed by atoms with Gasteiger partial charge in [-0.05, 0) is 23.4 Å². The van der Waals surface area contributed by atoms with Crippen LogP contribution in [-0.4, -0.2) is 47.4 Å². The molecule has 1 aromatic carbocycles. The highest BCUT2D eigenvalue weighted by molar-refractivity contribution is 7.10. The number of thiophene rings is 1. The summed E-state index contributed by atoms with van der Waals surface area (Å²) in [6.07, 6.45) is 1.11. The van der Waals surface area contributed by atoms with Gasteiger partial charge >= 0.3 is 0 Å². The minimum absolute atomic E-state index is 0.0113. The zero-order valence-corrected chi connectivity index (χ0v) is 17.6. The Bertz CT molecular complexity index is 1080. The number of nitrogens with zero attached hydrogens (tertiary/aromatic N) is 2. The number of hydrogen-bond donors (Lipinski definition) is 2. The lowest BCUT2D eigenvalue weighted by atomic mass is 10.1. The van der Waals surface area contributed by atoms with Gasteiger partial charge in [0.15, 0.2) is 11.5 Å². The molecule has 0 saturated heterocycles. The van der Waals surface area contributed by atoms with E-state index in [1.165, 1.54) is 16.5 Å². The lowest BCUT2D eigenvalue weighted by Crippen LogP contribution is -2.40. The normalized spacial score (nSPS) is 12.8. The molecular formula is C22H22N4O4S. The standard InChI is InChI=1S/C22H22N4O4S/c27-20(23-9-6-21(28)26-10-7-19-16(14-26)8-11-31-19)13-24-22(29)17-12-18(30-25-17)15-4-2-1-3-5-15/h1-5,8,11-12H,6-7,9-10,13-14H2,(H,23,27)(H,24,29). The molecule has 0 atom stereocenters. The number of rotatable bonds is 7. The largest absolute Gasteiger partial charge is 0.355 e. The fourth-order valence-corrected chi connectivity index (χ4v) is 4.25. The maximum Gasteiger partial charge on any atom is 0.273 e. The highest BCUT2D eigenvalue weighted by Gasteiger charge is 2.21. The van der Waals surface area contributed by atoms with Crippen LogP contribution in [0.4, 0.5) is 0 Å². The van der Waals surface area contributed by atoms with Crippen molar-refractivity contribution in [3.05, 3.63) is 64.0 Å². The Morgan fingerprint density at radius 3 is 2.81 bits per heavy atom. The van der Waals surface area contributed by atoms with Gasteiger partial charge in [0.1, 0.15) is 0 Å². The monoisotopic (exact) mass is 438 g/mol. The van der Waals surface area contributed by atoms with Gasteiger partial charge in [-0.25, -0.2) is 0 Å². The number of nitrogens with one attached hydrogen (secondary N) is 2. The van der Waals surface area contributed by atoms with Gasteiger partial charge in [0, 0.05) is 42.6 Å². The highest BCUT2D eigenvalue weighted by atomic mass is 32.1. The van der Waals surface area contributed by atoms with Crippen LogP contribution in [0.5, 0.6) is 0 Å². The number of fused-ring (bicyclic) bond motifs is 1. The van der Waals surface area contributed by atoms with Gasteiger partial charge in [-0.2, -0.15) is 0 Å². The number of aromatic nitrogens is 1. The van der Waals surface area contributed by atoms with E-state index in [9.17, 15) is 14.4 Å². The fourth-order valence-electron chi connectivity index (χ4n) is 3.36. The molecule has 3 amide bonds. The molecule has 3 aromatic rings. The van der Waals surface area contributed by atoms with Gasteiger partial charge < -0.3 is 20.1 Å². The Kier molecular flexibility index (Phi) is 6.42. The average molecular weight is 439 g/mol. The lowest BCUT2D eigenvalue weighted by molar-refractivity contribution is -0.132. The minimum Gasteiger partial charge on any atom is -0.355 e. The zero-order chi connectivity index (χ0) is 21.6. The highest BCUT2D eigenvalue weighted by Crippen LogP contribution is 2.24. The van der Waals surface area contributed by atoms with Gasteiger partial charge in [-0.1, -0.05) is 35.5 Å². The minimum atomic E-state index is -0.503. The van der Waals surface area contributed by atoms with Gasteiger partial charge in [0.2, 0.25) is 11.8 Å². The van der Waals surface area contributed by atoms with E-state index in [2.05, 4.69) is 27.2 Å². The second-order valence-corrected chi connectivity index (χ2v) is 8.16. The zero-order valence-electron chi connectivity index (χ0n) is 16.8. The van der Waals surface area contributed by atoms with Crippen molar-refractivity contribution >= 4 is 29.1 Å². The summed E-state index contributed by atoms with van der Waals surface area (Å²) >= 11 is 1.73. The molecule has 0 unspecified atom stereocenters. The maximum absolute atomic E-state index is 12.4. The van der Waals surface area contributed by atoms with Gasteiger partial charge in [0.25, 0.3) is 5.91 Å². The average Bonchev–Trinajstić information content (AvgIpc) is 3.47. The molecule has 0 fully saturated rings. The van der Waals surface area contributed by atoms with E-state index in [4.69, 9.17) is 4.52 Å². The summed E-state index contributed by atoms with van der Waals surface area (Å²) in [6.45, 7) is 1.36. The van der Waals surface area contributed by atoms with Crippen LogP contribution < -0.4 is 10.6 Å². The molecule has 160 valence electrons. The number of benzene rings is 1. The number of hydrogen-bond acceptors (Lipinski definition) is 6. The molecule has 0 bridgehead atoms. The molecule has 9 heteroatoms. The summed E-state index contributed by atoms with van der Waals surface area (Å²) in [6, 6.07) is 12.9. The van der Waals surface area contributed by atoms with Crippen LogP contribution in [0, 0.1) is 0 Å². The molecule has 8 nitrogen and oxygen atoms in total. The first-order chi connectivity index (χ1) is 15.1. The Balaban J connectivity index is 1.17. The van der Waals surface area contributed by atoms with Crippen LogP contribution in [0.15, 0.2) is 52.4 Å². The van der Waals surface area contributed by atoms with Crippen molar-refractivity contribution in [1.29, 1.82) is 0 Å². The van der Waals surface area contributed by atoms with E-state index >= 15 is 0 Å². The maximum atomic E-state index is 12.4. The summed E-state index contributed by atoms with van der Waals surface area (Å²) in [5, 5.41) is 11.0. The molecule has 2 N–H and O–H groups in total. The van der Waals surface area contributed by atoms with E-state index in [-0.39, 0.29) is 37.0 Å². The summed E-state index contributed by atoms with van der Waals surface area (Å²) in [5.41, 5.74) is 2.11. The van der Waals surface area contributed by atoms with E-state index in [0.29, 0.717) is 18.8 Å². The number of amides is 3. The van der Waals surface area contributed by atoms with Gasteiger partial charge in [0.05, 0.1) is 6.54 Å². The fraction of sp³-hybridized carbons (Fsp3) is 0.273. The van der Waals surface area contributed by atoms with Crippen molar-refractivity contribution in [3.63, 3.8) is 0 Å². The van der Waals surface area contributed by atoms with Crippen LogP contribution in [0.3, 0.4) is 0 Å². The van der Waals surface area contributed by atoms with E-state index in [0.717, 1.165) is 12.0 Å². The molecule has 31 heavy (non-hydrogen) atoms. The molecule has 4 rings (SSSR count). The summed E-state index contributed by atoms with van der Waals surface area (Å²) in [7, 11) is 0. The Hall–Kier alpha value is -3.46. The summed E-state index contributed by atoms with van der Waals surface area (Å²) in [5.74, 6) is -0.387. The molecule has 1 aliphatic rings. The first-order valence-electron chi connectivity index (χ1n) is 10.00. The smallest absolute Gasteiger partial charge is 0.273 e. The Labute approximate surface area is 183 Å². The van der Waals surface area contributed by atoms with Crippen molar-refractivity contribution in [3.8, 4) is 11.3 Å². The van der Waals surface area contributed by atoms with E-state index in [1.54, 1.807) is 11.3 Å². The lowest BCUT2D eigenvalue weighted by Gasteiger charge is -2.27. The quantitative estimate of drug-likeness (QED) is 0.589. The van der Waals surface area contributed by atoms with Crippen LogP contribution in [0.1, 0.15) is 27.3 Å². The van der Waals surface area contributed by atoms with E-state index < -0.39 is 5.91 Å². The van der Waals surface area contributed by atoms with Crippen molar-refractivity contribution in [2.75, 3.05) is 19.6 Å². The van der Waals surface area contributed by atoms with Crippen molar-refractivity contribution in [2.24, 2.45) is 0 Å². The third kappa shape index (κ3) is 5.18. The first-order valence-corrected chi connectivity index (χ1v) is 10.9. The summed E-state index contributed by atoms with van der Waals surface area (Å²) in [4.78, 5) is 39.7. The molecule has 3 heterocycles. The van der Waals surface area contributed by atoms with Crippen molar-refractivity contribution in [1.82, 2.24) is 20.7 Å². The van der Waals surface area contributed by atoms with Gasteiger partial charge in [-0.3, -0.25) is 14.4 Å². The number of carbonyl (C=O) groups excluding carboxylic acids is 3. The Morgan fingerprint density at radius 2 is 1.97 bits per heavy atom. The second-order valence-electron chi connectivity index (χ2n) is 7.16.